The molecule has 4 aromatic rings. The fourth-order valence-corrected chi connectivity index (χ4v) is 3.88. The third-order valence-corrected chi connectivity index (χ3v) is 5.46. The molecule has 30 heavy (non-hydrogen) atoms. The number of halogens is 1. The zero-order chi connectivity index (χ0) is 21.1. The van der Waals surface area contributed by atoms with E-state index in [2.05, 4.69) is 26.6 Å². The molecule has 150 valence electrons. The van der Waals surface area contributed by atoms with Crippen molar-refractivity contribution in [2.75, 3.05) is 5.32 Å². The molecular weight excluding hydrogens is 464 g/mol. The van der Waals surface area contributed by atoms with Crippen LogP contribution in [0, 0.1) is 0 Å². The van der Waals surface area contributed by atoms with Crippen LogP contribution >= 0.6 is 28.1 Å². The minimum Gasteiger partial charge on any atom is -0.459 e. The van der Waals surface area contributed by atoms with Gasteiger partial charge in [-0.2, -0.15) is 0 Å². The maximum absolute atomic E-state index is 12.8. The molecule has 0 aliphatic carbocycles. The molecule has 4 rings (SSSR count). The van der Waals surface area contributed by atoms with Crippen LogP contribution in [-0.4, -0.2) is 16.1 Å². The SMILES string of the molecule is O=C(NC(=S)Nc1cccc(-c2ccc(CO)o2)c1)c1cccc2c(Br)cccc12. The fourth-order valence-electron chi connectivity index (χ4n) is 3.17. The highest BCUT2D eigenvalue weighted by Gasteiger charge is 2.13. The number of hydrogen-bond acceptors (Lipinski definition) is 4. The molecule has 0 fully saturated rings. The number of amides is 1. The number of rotatable bonds is 4. The number of furan rings is 1. The number of thiocarbonyl (C=S) groups is 1. The summed E-state index contributed by atoms with van der Waals surface area (Å²) in [5, 5.41) is 16.9. The van der Waals surface area contributed by atoms with Crippen LogP contribution in [0.1, 0.15) is 16.1 Å². The summed E-state index contributed by atoms with van der Waals surface area (Å²) < 4.78 is 6.49. The van der Waals surface area contributed by atoms with Gasteiger partial charge in [0.25, 0.3) is 5.91 Å². The second kappa shape index (κ2) is 8.79. The first kappa shape index (κ1) is 20.3. The lowest BCUT2D eigenvalue weighted by atomic mass is 10.0. The lowest BCUT2D eigenvalue weighted by Gasteiger charge is -2.12. The third kappa shape index (κ3) is 4.28. The van der Waals surface area contributed by atoms with Gasteiger partial charge in [-0.25, -0.2) is 0 Å². The molecule has 3 aromatic carbocycles. The predicted molar refractivity (Wildman–Crippen MR) is 125 cm³/mol. The van der Waals surface area contributed by atoms with Gasteiger partial charge in [0, 0.05) is 21.3 Å². The molecule has 1 aromatic heterocycles. The lowest BCUT2D eigenvalue weighted by Crippen LogP contribution is -2.34. The Morgan fingerprint density at radius 3 is 2.57 bits per heavy atom. The van der Waals surface area contributed by atoms with Gasteiger partial charge >= 0.3 is 0 Å². The van der Waals surface area contributed by atoms with Crippen molar-refractivity contribution in [3.8, 4) is 11.3 Å². The number of nitrogens with one attached hydrogen (secondary N) is 2. The van der Waals surface area contributed by atoms with Crippen molar-refractivity contribution in [3.63, 3.8) is 0 Å². The molecule has 5 nitrogen and oxygen atoms in total. The van der Waals surface area contributed by atoms with Gasteiger partial charge in [0.1, 0.15) is 18.1 Å². The molecular formula is C23H17BrN2O3S. The van der Waals surface area contributed by atoms with E-state index in [0.29, 0.717) is 22.8 Å². The van der Waals surface area contributed by atoms with Crippen molar-refractivity contribution in [3.05, 3.63) is 88.6 Å². The second-order valence-corrected chi connectivity index (χ2v) is 7.82. The largest absolute Gasteiger partial charge is 0.459 e. The maximum Gasteiger partial charge on any atom is 0.258 e. The van der Waals surface area contributed by atoms with Crippen LogP contribution in [0.2, 0.25) is 0 Å². The van der Waals surface area contributed by atoms with E-state index in [1.165, 1.54) is 0 Å². The number of hydrogen-bond donors (Lipinski definition) is 3. The van der Waals surface area contributed by atoms with Crippen LogP contribution < -0.4 is 10.6 Å². The van der Waals surface area contributed by atoms with E-state index in [9.17, 15) is 4.79 Å². The highest BCUT2D eigenvalue weighted by atomic mass is 79.9. The molecule has 0 bridgehead atoms. The summed E-state index contributed by atoms with van der Waals surface area (Å²) in [5.74, 6) is 0.845. The van der Waals surface area contributed by atoms with E-state index in [1.807, 2.05) is 54.6 Å². The number of anilines is 1. The average molecular weight is 481 g/mol. The van der Waals surface area contributed by atoms with Gasteiger partial charge in [0.15, 0.2) is 5.11 Å². The van der Waals surface area contributed by atoms with E-state index in [4.69, 9.17) is 21.7 Å². The molecule has 0 unspecified atom stereocenters. The standard InChI is InChI=1S/C23H17BrN2O3S/c24-20-9-3-6-17-18(20)7-2-8-19(17)22(28)26-23(30)25-15-5-1-4-14(12-15)21-11-10-16(13-27)29-21/h1-12,27H,13H2,(H2,25,26,28,30). The van der Waals surface area contributed by atoms with Crippen LogP contribution in [0.3, 0.4) is 0 Å². The number of carbonyl (C=O) groups excluding carboxylic acids is 1. The van der Waals surface area contributed by atoms with Gasteiger partial charge in [0.05, 0.1) is 0 Å². The zero-order valence-corrected chi connectivity index (χ0v) is 18.1. The number of aliphatic hydroxyl groups excluding tert-OH is 1. The zero-order valence-electron chi connectivity index (χ0n) is 15.7. The Morgan fingerprint density at radius 2 is 1.77 bits per heavy atom. The molecule has 0 spiro atoms. The summed E-state index contributed by atoms with van der Waals surface area (Å²) in [7, 11) is 0. The third-order valence-electron chi connectivity index (χ3n) is 4.56. The Labute approximate surface area is 186 Å². The Hall–Kier alpha value is -3.00. The molecule has 0 aliphatic heterocycles. The summed E-state index contributed by atoms with van der Waals surface area (Å²) in [6.07, 6.45) is 0. The first-order valence-corrected chi connectivity index (χ1v) is 10.3. The summed E-state index contributed by atoms with van der Waals surface area (Å²) in [5.41, 5.74) is 2.08. The second-order valence-electron chi connectivity index (χ2n) is 6.55. The molecule has 0 saturated carbocycles. The molecule has 7 heteroatoms. The Balaban J connectivity index is 1.50. The smallest absolute Gasteiger partial charge is 0.258 e. The molecule has 0 radical (unpaired) electrons. The summed E-state index contributed by atoms with van der Waals surface area (Å²) in [4.78, 5) is 12.8. The van der Waals surface area contributed by atoms with Crippen LogP contribution in [0.4, 0.5) is 5.69 Å². The van der Waals surface area contributed by atoms with Crippen LogP contribution in [0.25, 0.3) is 22.1 Å². The van der Waals surface area contributed by atoms with E-state index >= 15 is 0 Å². The minimum absolute atomic E-state index is 0.154. The summed E-state index contributed by atoms with van der Waals surface area (Å²) >= 11 is 8.85. The van der Waals surface area contributed by atoms with Crippen LogP contribution in [0.5, 0.6) is 0 Å². The Kier molecular flexibility index (Phi) is 5.94. The molecule has 1 heterocycles. The topological polar surface area (TPSA) is 74.5 Å². The monoisotopic (exact) mass is 480 g/mol. The van der Waals surface area contributed by atoms with E-state index in [1.54, 1.807) is 18.2 Å². The lowest BCUT2D eigenvalue weighted by molar-refractivity contribution is 0.0979. The van der Waals surface area contributed by atoms with E-state index < -0.39 is 0 Å². The van der Waals surface area contributed by atoms with Gasteiger partial charge in [-0.3, -0.25) is 10.1 Å². The van der Waals surface area contributed by atoms with Crippen molar-refractivity contribution in [2.24, 2.45) is 0 Å². The molecule has 1 amide bonds. The average Bonchev–Trinajstić information content (AvgIpc) is 3.23. The highest BCUT2D eigenvalue weighted by Crippen LogP contribution is 2.27. The number of fused-ring (bicyclic) bond motifs is 1. The molecule has 0 saturated heterocycles. The molecule has 0 aliphatic rings. The van der Waals surface area contributed by atoms with Crippen molar-refractivity contribution in [2.45, 2.75) is 6.61 Å². The fraction of sp³-hybridized carbons (Fsp3) is 0.0435. The maximum atomic E-state index is 12.8. The number of carbonyl (C=O) groups is 1. The molecule has 3 N–H and O–H groups in total. The van der Waals surface area contributed by atoms with Gasteiger partial charge in [0.2, 0.25) is 0 Å². The van der Waals surface area contributed by atoms with Crippen molar-refractivity contribution in [1.82, 2.24) is 5.32 Å². The Morgan fingerprint density at radius 1 is 1.00 bits per heavy atom. The predicted octanol–water partition coefficient (Wildman–Crippen LogP) is 5.48. The van der Waals surface area contributed by atoms with Crippen LogP contribution in [0.15, 0.2) is 81.7 Å². The normalized spacial score (nSPS) is 10.7. The Bertz CT molecular complexity index is 1250. The van der Waals surface area contributed by atoms with Crippen molar-refractivity contribution < 1.29 is 14.3 Å². The first-order chi connectivity index (χ1) is 14.5. The van der Waals surface area contributed by atoms with Gasteiger partial charge in [-0.1, -0.05) is 52.3 Å². The van der Waals surface area contributed by atoms with Gasteiger partial charge < -0.3 is 14.8 Å². The first-order valence-electron chi connectivity index (χ1n) is 9.15. The van der Waals surface area contributed by atoms with Crippen molar-refractivity contribution in [1.29, 1.82) is 0 Å². The number of aliphatic hydroxyl groups is 1. The van der Waals surface area contributed by atoms with E-state index in [-0.39, 0.29) is 17.6 Å². The summed E-state index contributed by atoms with van der Waals surface area (Å²) in [6, 6.07) is 22.2. The van der Waals surface area contributed by atoms with Crippen LogP contribution in [-0.2, 0) is 6.61 Å². The van der Waals surface area contributed by atoms with Gasteiger partial charge in [-0.05, 0) is 59.4 Å². The van der Waals surface area contributed by atoms with Crippen molar-refractivity contribution >= 4 is 55.6 Å². The quantitative estimate of drug-likeness (QED) is 0.337. The highest BCUT2D eigenvalue weighted by molar-refractivity contribution is 9.10. The van der Waals surface area contributed by atoms with E-state index in [0.717, 1.165) is 20.8 Å². The van der Waals surface area contributed by atoms with Gasteiger partial charge in [-0.15, -0.1) is 0 Å². The minimum atomic E-state index is -0.286. The number of benzene rings is 3. The summed E-state index contributed by atoms with van der Waals surface area (Å²) in [6.45, 7) is -0.154. The molecule has 0 atom stereocenters.